The number of carbonyl (C=O) groups excluding carboxylic acids is 1. The maximum absolute atomic E-state index is 12.4. The van der Waals surface area contributed by atoms with E-state index in [1.807, 2.05) is 0 Å². The van der Waals surface area contributed by atoms with Crippen LogP contribution in [0.2, 0.25) is 0 Å². The Bertz CT molecular complexity index is 544. The molecule has 0 saturated heterocycles. The first-order valence-electron chi connectivity index (χ1n) is 7.06. The van der Waals surface area contributed by atoms with Gasteiger partial charge in [0.2, 0.25) is 6.79 Å². The summed E-state index contributed by atoms with van der Waals surface area (Å²) in [5.41, 5.74) is 6.82. The third kappa shape index (κ3) is 2.17. The van der Waals surface area contributed by atoms with Gasteiger partial charge in [0.15, 0.2) is 11.5 Å². The van der Waals surface area contributed by atoms with Crippen molar-refractivity contribution in [2.75, 3.05) is 12.5 Å². The molecule has 5 heteroatoms. The normalized spacial score (nSPS) is 27.6. The highest BCUT2D eigenvalue weighted by Crippen LogP contribution is 2.36. The summed E-state index contributed by atoms with van der Waals surface area (Å²) in [6.45, 7) is 4.59. The summed E-state index contributed by atoms with van der Waals surface area (Å²) in [4.78, 5) is 12.4. The van der Waals surface area contributed by atoms with Crippen molar-refractivity contribution in [3.63, 3.8) is 0 Å². The zero-order valence-corrected chi connectivity index (χ0v) is 11.8. The maximum Gasteiger partial charge on any atom is 0.253 e. The van der Waals surface area contributed by atoms with Gasteiger partial charge in [0.05, 0.1) is 5.56 Å². The van der Waals surface area contributed by atoms with Gasteiger partial charge < -0.3 is 20.5 Å². The van der Waals surface area contributed by atoms with Crippen LogP contribution in [0.25, 0.3) is 0 Å². The molecule has 3 unspecified atom stereocenters. The van der Waals surface area contributed by atoms with Gasteiger partial charge in [-0.2, -0.15) is 0 Å². The van der Waals surface area contributed by atoms with Crippen molar-refractivity contribution in [3.8, 4) is 11.5 Å². The van der Waals surface area contributed by atoms with Crippen molar-refractivity contribution in [1.82, 2.24) is 5.32 Å². The Kier molecular flexibility index (Phi) is 3.20. The minimum Gasteiger partial charge on any atom is -0.454 e. The predicted octanol–water partition coefficient (Wildman–Crippen LogP) is 2.16. The number of rotatable bonds is 2. The number of nitrogens with one attached hydrogen (secondary N) is 1. The predicted molar refractivity (Wildman–Crippen MR) is 75.8 cm³/mol. The number of anilines is 1. The second-order valence-electron chi connectivity index (χ2n) is 5.79. The van der Waals surface area contributed by atoms with E-state index in [9.17, 15) is 4.79 Å². The van der Waals surface area contributed by atoms with E-state index in [0.29, 0.717) is 34.6 Å². The van der Waals surface area contributed by atoms with E-state index in [4.69, 9.17) is 15.2 Å². The van der Waals surface area contributed by atoms with Crippen molar-refractivity contribution in [1.29, 1.82) is 0 Å². The third-order valence-electron chi connectivity index (χ3n) is 4.57. The molecule has 5 nitrogen and oxygen atoms in total. The molecular weight excluding hydrogens is 256 g/mol. The van der Waals surface area contributed by atoms with Gasteiger partial charge in [0, 0.05) is 17.8 Å². The van der Waals surface area contributed by atoms with Crippen LogP contribution in [-0.4, -0.2) is 18.7 Å². The van der Waals surface area contributed by atoms with E-state index >= 15 is 0 Å². The van der Waals surface area contributed by atoms with Crippen LogP contribution in [0.4, 0.5) is 5.69 Å². The molecular formula is C15H20N2O3. The largest absolute Gasteiger partial charge is 0.454 e. The van der Waals surface area contributed by atoms with Gasteiger partial charge in [-0.15, -0.1) is 0 Å². The number of nitrogens with two attached hydrogens (primary N) is 1. The first-order chi connectivity index (χ1) is 9.56. The number of amides is 1. The number of fused-ring (bicyclic) bond motifs is 1. The lowest BCUT2D eigenvalue weighted by Gasteiger charge is -2.20. The molecule has 2 aliphatic rings. The smallest absolute Gasteiger partial charge is 0.253 e. The Hall–Kier alpha value is -1.91. The molecule has 1 fully saturated rings. The Morgan fingerprint density at radius 3 is 2.60 bits per heavy atom. The first kappa shape index (κ1) is 13.1. The number of ether oxygens (including phenoxy) is 2. The molecule has 1 aromatic rings. The van der Waals surface area contributed by atoms with Gasteiger partial charge in [-0.1, -0.05) is 13.8 Å². The van der Waals surface area contributed by atoms with E-state index < -0.39 is 0 Å². The topological polar surface area (TPSA) is 73.6 Å². The average Bonchev–Trinajstić information content (AvgIpc) is 2.98. The molecule has 108 valence electrons. The molecule has 0 bridgehead atoms. The van der Waals surface area contributed by atoms with Crippen LogP contribution < -0.4 is 20.5 Å². The van der Waals surface area contributed by atoms with Crippen LogP contribution in [-0.2, 0) is 0 Å². The van der Waals surface area contributed by atoms with Gasteiger partial charge in [-0.3, -0.25) is 4.79 Å². The summed E-state index contributed by atoms with van der Waals surface area (Å²) in [5, 5.41) is 3.09. The van der Waals surface area contributed by atoms with Crippen LogP contribution in [0.5, 0.6) is 11.5 Å². The number of nitrogen functional groups attached to an aromatic ring is 1. The minimum absolute atomic E-state index is 0.133. The zero-order valence-electron chi connectivity index (χ0n) is 11.8. The quantitative estimate of drug-likeness (QED) is 0.812. The van der Waals surface area contributed by atoms with Crippen LogP contribution >= 0.6 is 0 Å². The highest BCUT2D eigenvalue weighted by Gasteiger charge is 2.31. The molecule has 1 amide bonds. The molecule has 0 aromatic heterocycles. The van der Waals surface area contributed by atoms with Crippen molar-refractivity contribution in [2.24, 2.45) is 11.8 Å². The summed E-state index contributed by atoms with van der Waals surface area (Å²) >= 11 is 0. The number of hydrogen-bond donors (Lipinski definition) is 2. The van der Waals surface area contributed by atoms with Crippen LogP contribution in [0.1, 0.15) is 37.0 Å². The molecule has 1 heterocycles. The molecule has 0 radical (unpaired) electrons. The van der Waals surface area contributed by atoms with E-state index in [0.717, 1.165) is 12.8 Å². The van der Waals surface area contributed by atoms with E-state index in [1.54, 1.807) is 12.1 Å². The van der Waals surface area contributed by atoms with Crippen molar-refractivity contribution in [3.05, 3.63) is 17.7 Å². The van der Waals surface area contributed by atoms with Gasteiger partial charge in [0.1, 0.15) is 0 Å². The molecule has 1 aromatic carbocycles. The van der Waals surface area contributed by atoms with Gasteiger partial charge in [-0.05, 0) is 30.7 Å². The molecule has 3 N–H and O–H groups in total. The average molecular weight is 276 g/mol. The van der Waals surface area contributed by atoms with Crippen LogP contribution in [0.15, 0.2) is 12.1 Å². The highest BCUT2D eigenvalue weighted by molar-refractivity contribution is 6.00. The van der Waals surface area contributed by atoms with Crippen LogP contribution in [0.3, 0.4) is 0 Å². The molecule has 0 spiro atoms. The van der Waals surface area contributed by atoms with Crippen molar-refractivity contribution >= 4 is 11.6 Å². The first-order valence-corrected chi connectivity index (χ1v) is 7.06. The van der Waals surface area contributed by atoms with E-state index in [-0.39, 0.29) is 18.7 Å². The molecule has 1 saturated carbocycles. The lowest BCUT2D eigenvalue weighted by Crippen LogP contribution is -2.37. The lowest BCUT2D eigenvalue weighted by molar-refractivity contribution is 0.0928. The van der Waals surface area contributed by atoms with Gasteiger partial charge in [0.25, 0.3) is 5.91 Å². The zero-order chi connectivity index (χ0) is 14.3. The Labute approximate surface area is 118 Å². The van der Waals surface area contributed by atoms with E-state index in [2.05, 4.69) is 19.2 Å². The summed E-state index contributed by atoms with van der Waals surface area (Å²) in [7, 11) is 0. The summed E-state index contributed by atoms with van der Waals surface area (Å²) < 4.78 is 10.5. The third-order valence-corrected chi connectivity index (χ3v) is 4.57. The maximum atomic E-state index is 12.4. The Balaban J connectivity index is 1.78. The molecule has 3 rings (SSSR count). The second kappa shape index (κ2) is 4.89. The Morgan fingerprint density at radius 1 is 1.25 bits per heavy atom. The standard InChI is InChI=1S/C15H20N2O3/c1-8-3-4-12(9(8)2)17-15(18)10-5-13-14(6-11(10)16)20-7-19-13/h5-6,8-9,12H,3-4,7,16H2,1-2H3,(H,17,18). The minimum atomic E-state index is -0.133. The number of benzene rings is 1. The molecule has 1 aliphatic heterocycles. The second-order valence-corrected chi connectivity index (χ2v) is 5.79. The number of carbonyl (C=O) groups is 1. The number of hydrogen-bond acceptors (Lipinski definition) is 4. The summed E-state index contributed by atoms with van der Waals surface area (Å²) in [5.74, 6) is 2.19. The fraction of sp³-hybridized carbons (Fsp3) is 0.533. The van der Waals surface area contributed by atoms with Crippen molar-refractivity contribution < 1.29 is 14.3 Å². The van der Waals surface area contributed by atoms with E-state index in [1.165, 1.54) is 0 Å². The SMILES string of the molecule is CC1CCC(NC(=O)c2cc3c(cc2N)OCO3)C1C. The van der Waals surface area contributed by atoms with Gasteiger partial charge >= 0.3 is 0 Å². The fourth-order valence-corrected chi connectivity index (χ4v) is 2.97. The molecule has 3 atom stereocenters. The van der Waals surface area contributed by atoms with Crippen LogP contribution in [0, 0.1) is 11.8 Å². The Morgan fingerprint density at radius 2 is 1.95 bits per heavy atom. The monoisotopic (exact) mass is 276 g/mol. The highest BCUT2D eigenvalue weighted by atomic mass is 16.7. The van der Waals surface area contributed by atoms with Crippen molar-refractivity contribution in [2.45, 2.75) is 32.7 Å². The lowest BCUT2D eigenvalue weighted by atomic mass is 9.97. The summed E-state index contributed by atoms with van der Waals surface area (Å²) in [6, 6.07) is 3.54. The molecule has 1 aliphatic carbocycles. The summed E-state index contributed by atoms with van der Waals surface area (Å²) in [6.07, 6.45) is 2.18. The van der Waals surface area contributed by atoms with Gasteiger partial charge in [-0.25, -0.2) is 0 Å². The fourth-order valence-electron chi connectivity index (χ4n) is 2.97. The molecule has 20 heavy (non-hydrogen) atoms.